The quantitative estimate of drug-likeness (QED) is 0.780. The molecule has 1 aromatic carbocycles. The normalized spacial score (nSPS) is 10.7. The molecule has 0 radical (unpaired) electrons. The molecule has 0 aromatic heterocycles. The third kappa shape index (κ3) is 7.07. The molecule has 1 aromatic rings. The van der Waals surface area contributed by atoms with Crippen LogP contribution in [0.1, 0.15) is 13.8 Å². The first kappa shape index (κ1) is 20.1. The zero-order valence-electron chi connectivity index (χ0n) is 13.1. The van der Waals surface area contributed by atoms with Gasteiger partial charge in [0.2, 0.25) is 5.91 Å². The molecule has 0 fully saturated rings. The van der Waals surface area contributed by atoms with E-state index >= 15 is 0 Å². The molecule has 0 aliphatic carbocycles. The summed E-state index contributed by atoms with van der Waals surface area (Å²) in [6, 6.07) is 7.71. The predicted octanol–water partition coefficient (Wildman–Crippen LogP) is 2.65. The second kappa shape index (κ2) is 9.18. The van der Waals surface area contributed by atoms with Crippen molar-refractivity contribution in [1.29, 1.82) is 0 Å². The van der Waals surface area contributed by atoms with Crippen molar-refractivity contribution in [1.82, 2.24) is 4.90 Å². The molecular weight excluding hydrogens is 308 g/mol. The van der Waals surface area contributed by atoms with E-state index in [-0.39, 0.29) is 23.7 Å². The first-order valence-electron chi connectivity index (χ1n) is 6.59. The monoisotopic (exact) mass is 332 g/mol. The Balaban J connectivity index is 0.00000400. The van der Waals surface area contributed by atoms with Crippen molar-refractivity contribution in [3.05, 3.63) is 24.3 Å². The number of nitrogens with zero attached hydrogens (tertiary/aromatic N) is 1. The molecule has 0 bridgehead atoms. The zero-order valence-corrected chi connectivity index (χ0v) is 14.7. The molecule has 0 aliphatic heterocycles. The molecule has 0 spiro atoms. The van der Waals surface area contributed by atoms with Crippen molar-refractivity contribution in [2.75, 3.05) is 33.0 Å². The molecule has 0 aliphatic rings. The Bertz CT molecular complexity index is 438. The number of hydrogen-bond acceptors (Lipinski definition) is 4. The number of hydrogen-bond donors (Lipinski definition) is 1. The van der Waals surface area contributed by atoms with Crippen LogP contribution in [0.5, 0.6) is 5.75 Å². The lowest BCUT2D eigenvalue weighted by Gasteiger charge is -2.29. The summed E-state index contributed by atoms with van der Waals surface area (Å²) in [6.45, 7) is 5.36. The standard InChI is InChI=1S/C15H24N2O2S.ClH/c1-15(2,10-16)11-17(3)14(18)9-20-13-7-5-12(19-4)6-8-13;/h5-8H,9-11,16H2,1-4H3;1H. The minimum absolute atomic E-state index is 0. The lowest BCUT2D eigenvalue weighted by atomic mass is 9.93. The Kier molecular flexibility index (Phi) is 8.78. The van der Waals surface area contributed by atoms with Gasteiger partial charge in [-0.3, -0.25) is 4.79 Å². The number of carbonyl (C=O) groups is 1. The molecule has 0 saturated heterocycles. The molecule has 4 nitrogen and oxygen atoms in total. The number of carbonyl (C=O) groups excluding carboxylic acids is 1. The van der Waals surface area contributed by atoms with E-state index in [0.717, 1.165) is 10.6 Å². The van der Waals surface area contributed by atoms with Crippen molar-refractivity contribution in [3.63, 3.8) is 0 Å². The molecule has 120 valence electrons. The Hall–Kier alpha value is -0.910. The van der Waals surface area contributed by atoms with Gasteiger partial charge in [-0.05, 0) is 36.2 Å². The second-order valence-electron chi connectivity index (χ2n) is 5.58. The fourth-order valence-corrected chi connectivity index (χ4v) is 2.56. The van der Waals surface area contributed by atoms with Crippen molar-refractivity contribution in [2.24, 2.45) is 11.1 Å². The summed E-state index contributed by atoms with van der Waals surface area (Å²) < 4.78 is 5.10. The SMILES string of the molecule is COc1ccc(SCC(=O)N(C)CC(C)(C)CN)cc1.Cl. The summed E-state index contributed by atoms with van der Waals surface area (Å²) in [6.07, 6.45) is 0. The molecule has 2 N–H and O–H groups in total. The maximum atomic E-state index is 12.1. The number of halogens is 1. The second-order valence-corrected chi connectivity index (χ2v) is 6.63. The van der Waals surface area contributed by atoms with Gasteiger partial charge in [0.05, 0.1) is 12.9 Å². The number of ether oxygens (including phenoxy) is 1. The Morgan fingerprint density at radius 2 is 1.90 bits per heavy atom. The summed E-state index contributed by atoms with van der Waals surface area (Å²) in [7, 11) is 3.47. The van der Waals surface area contributed by atoms with Gasteiger partial charge in [0.1, 0.15) is 5.75 Å². The summed E-state index contributed by atoms with van der Waals surface area (Å²) in [4.78, 5) is 14.9. The number of rotatable bonds is 7. The van der Waals surface area contributed by atoms with Crippen molar-refractivity contribution in [3.8, 4) is 5.75 Å². The topological polar surface area (TPSA) is 55.6 Å². The van der Waals surface area contributed by atoms with Gasteiger partial charge in [-0.25, -0.2) is 0 Å². The van der Waals surface area contributed by atoms with Gasteiger partial charge in [-0.15, -0.1) is 24.2 Å². The van der Waals surface area contributed by atoms with E-state index in [0.29, 0.717) is 18.8 Å². The lowest BCUT2D eigenvalue weighted by Crippen LogP contribution is -2.40. The molecule has 0 heterocycles. The highest BCUT2D eigenvalue weighted by Crippen LogP contribution is 2.22. The highest BCUT2D eigenvalue weighted by Gasteiger charge is 2.20. The molecule has 0 atom stereocenters. The van der Waals surface area contributed by atoms with E-state index in [1.807, 2.05) is 31.3 Å². The van der Waals surface area contributed by atoms with Crippen molar-refractivity contribution in [2.45, 2.75) is 18.7 Å². The van der Waals surface area contributed by atoms with Gasteiger partial charge >= 0.3 is 0 Å². The number of nitrogens with two attached hydrogens (primary N) is 1. The molecule has 6 heteroatoms. The van der Waals surface area contributed by atoms with Crippen LogP contribution >= 0.6 is 24.2 Å². The van der Waals surface area contributed by atoms with E-state index in [4.69, 9.17) is 10.5 Å². The van der Waals surface area contributed by atoms with Crippen LogP contribution in [0.2, 0.25) is 0 Å². The van der Waals surface area contributed by atoms with Crippen LogP contribution in [-0.2, 0) is 4.79 Å². The van der Waals surface area contributed by atoms with E-state index < -0.39 is 0 Å². The Morgan fingerprint density at radius 1 is 1.33 bits per heavy atom. The van der Waals surface area contributed by atoms with Gasteiger partial charge in [-0.2, -0.15) is 0 Å². The molecule has 21 heavy (non-hydrogen) atoms. The Morgan fingerprint density at radius 3 is 2.38 bits per heavy atom. The molecule has 0 unspecified atom stereocenters. The number of methoxy groups -OCH3 is 1. The van der Waals surface area contributed by atoms with Crippen LogP contribution in [0, 0.1) is 5.41 Å². The lowest BCUT2D eigenvalue weighted by molar-refractivity contribution is -0.128. The number of benzene rings is 1. The van der Waals surface area contributed by atoms with Crippen LogP contribution in [-0.4, -0.2) is 43.8 Å². The molecule has 0 saturated carbocycles. The van der Waals surface area contributed by atoms with Crippen LogP contribution in [0.4, 0.5) is 0 Å². The minimum atomic E-state index is -0.0464. The first-order chi connectivity index (χ1) is 9.38. The molecule has 1 amide bonds. The maximum absolute atomic E-state index is 12.1. The van der Waals surface area contributed by atoms with E-state index in [9.17, 15) is 4.79 Å². The smallest absolute Gasteiger partial charge is 0.232 e. The highest BCUT2D eigenvalue weighted by atomic mass is 35.5. The average Bonchev–Trinajstić information content (AvgIpc) is 2.44. The van der Waals surface area contributed by atoms with Crippen LogP contribution in [0.25, 0.3) is 0 Å². The van der Waals surface area contributed by atoms with Crippen molar-refractivity contribution >= 4 is 30.1 Å². The van der Waals surface area contributed by atoms with Gasteiger partial charge in [0, 0.05) is 18.5 Å². The third-order valence-corrected chi connectivity index (χ3v) is 4.06. The zero-order chi connectivity index (χ0) is 15.2. The molecule has 1 rings (SSSR count). The third-order valence-electron chi connectivity index (χ3n) is 3.07. The van der Waals surface area contributed by atoms with Crippen LogP contribution in [0.15, 0.2) is 29.2 Å². The predicted molar refractivity (Wildman–Crippen MR) is 91.4 cm³/mol. The Labute approximate surface area is 137 Å². The van der Waals surface area contributed by atoms with Gasteiger partial charge in [-0.1, -0.05) is 13.8 Å². The van der Waals surface area contributed by atoms with Crippen molar-refractivity contribution < 1.29 is 9.53 Å². The average molecular weight is 333 g/mol. The largest absolute Gasteiger partial charge is 0.497 e. The summed E-state index contributed by atoms with van der Waals surface area (Å²) in [5.41, 5.74) is 5.65. The highest BCUT2D eigenvalue weighted by molar-refractivity contribution is 8.00. The summed E-state index contributed by atoms with van der Waals surface area (Å²) in [5, 5.41) is 0. The fourth-order valence-electron chi connectivity index (χ4n) is 1.72. The first-order valence-corrected chi connectivity index (χ1v) is 7.57. The molecular formula is C15H25ClN2O2S. The minimum Gasteiger partial charge on any atom is -0.497 e. The van der Waals surface area contributed by atoms with E-state index in [1.165, 1.54) is 11.8 Å². The van der Waals surface area contributed by atoms with E-state index in [2.05, 4.69) is 13.8 Å². The number of amides is 1. The maximum Gasteiger partial charge on any atom is 0.232 e. The summed E-state index contributed by atoms with van der Waals surface area (Å²) >= 11 is 1.53. The van der Waals surface area contributed by atoms with Gasteiger partial charge < -0.3 is 15.4 Å². The summed E-state index contributed by atoms with van der Waals surface area (Å²) in [5.74, 6) is 1.37. The fraction of sp³-hybridized carbons (Fsp3) is 0.533. The van der Waals surface area contributed by atoms with Gasteiger partial charge in [0.15, 0.2) is 0 Å². The number of thioether (sulfide) groups is 1. The van der Waals surface area contributed by atoms with E-state index in [1.54, 1.807) is 12.0 Å². The van der Waals surface area contributed by atoms with Crippen LogP contribution in [0.3, 0.4) is 0 Å². The van der Waals surface area contributed by atoms with Crippen LogP contribution < -0.4 is 10.5 Å². The van der Waals surface area contributed by atoms with Gasteiger partial charge in [0.25, 0.3) is 0 Å².